The summed E-state index contributed by atoms with van der Waals surface area (Å²) in [5.41, 5.74) is -0.126. The Morgan fingerprint density at radius 1 is 1.36 bits per heavy atom. The second kappa shape index (κ2) is 7.89. The molecule has 1 fully saturated rings. The van der Waals surface area contributed by atoms with Crippen molar-refractivity contribution in [2.75, 3.05) is 25.0 Å². The predicted molar refractivity (Wildman–Crippen MR) is 98.4 cm³/mol. The average molecular weight is 349 g/mol. The van der Waals surface area contributed by atoms with Gasteiger partial charge >= 0.3 is 6.03 Å². The lowest BCUT2D eigenvalue weighted by Gasteiger charge is -2.32. The van der Waals surface area contributed by atoms with Crippen LogP contribution in [-0.2, 0) is 10.3 Å². The first-order valence-electron chi connectivity index (χ1n) is 9.06. The van der Waals surface area contributed by atoms with Gasteiger partial charge in [-0.3, -0.25) is 9.48 Å². The molecule has 1 aliphatic heterocycles. The molecule has 0 aliphatic carbocycles. The van der Waals surface area contributed by atoms with Crippen LogP contribution in [0.5, 0.6) is 0 Å². The van der Waals surface area contributed by atoms with Crippen molar-refractivity contribution in [3.63, 3.8) is 0 Å². The number of likely N-dealkylation sites (tertiary alicyclic amines) is 1. The average Bonchev–Trinajstić information content (AvgIpc) is 3.01. The molecule has 140 valence electrons. The van der Waals surface area contributed by atoms with Gasteiger partial charge in [0.05, 0.1) is 11.5 Å². The van der Waals surface area contributed by atoms with Crippen molar-refractivity contribution in [2.24, 2.45) is 11.8 Å². The topological polar surface area (TPSA) is 79.3 Å². The maximum absolute atomic E-state index is 12.5. The smallest absolute Gasteiger partial charge is 0.317 e. The van der Waals surface area contributed by atoms with Gasteiger partial charge in [-0.05, 0) is 39.5 Å². The number of nitrogens with zero attached hydrogens (tertiary/aromatic N) is 3. The molecule has 25 heavy (non-hydrogen) atoms. The van der Waals surface area contributed by atoms with Crippen molar-refractivity contribution >= 4 is 17.8 Å². The number of carbonyl (C=O) groups excluding carboxylic acids is 2. The predicted octanol–water partition coefficient (Wildman–Crippen LogP) is 2.65. The Morgan fingerprint density at radius 3 is 2.68 bits per heavy atom. The maximum atomic E-state index is 12.5. The second-order valence-corrected chi connectivity index (χ2v) is 8.17. The maximum Gasteiger partial charge on any atom is 0.317 e. The molecule has 2 heterocycles. The zero-order chi connectivity index (χ0) is 18.6. The molecule has 1 aromatic heterocycles. The van der Waals surface area contributed by atoms with Crippen LogP contribution in [0.3, 0.4) is 0 Å². The Balaban J connectivity index is 1.91. The number of anilines is 1. The molecule has 1 aliphatic rings. The fraction of sp³-hybridized carbons (Fsp3) is 0.722. The Hall–Kier alpha value is -2.05. The van der Waals surface area contributed by atoms with Crippen molar-refractivity contribution in [2.45, 2.75) is 53.0 Å². The first-order valence-corrected chi connectivity index (χ1v) is 9.06. The van der Waals surface area contributed by atoms with Crippen molar-refractivity contribution in [3.05, 3.63) is 12.3 Å². The van der Waals surface area contributed by atoms with Gasteiger partial charge in [-0.25, -0.2) is 4.79 Å². The molecule has 3 amide bonds. The third kappa shape index (κ3) is 5.47. The third-order valence-electron chi connectivity index (χ3n) is 4.27. The van der Waals surface area contributed by atoms with Crippen LogP contribution in [0.1, 0.15) is 47.5 Å². The van der Waals surface area contributed by atoms with Crippen LogP contribution in [0.4, 0.5) is 10.6 Å². The van der Waals surface area contributed by atoms with Gasteiger partial charge in [-0.1, -0.05) is 13.8 Å². The summed E-state index contributed by atoms with van der Waals surface area (Å²) in [6, 6.07) is 1.72. The number of urea groups is 1. The lowest BCUT2D eigenvalue weighted by atomic mass is 9.97. The van der Waals surface area contributed by atoms with Gasteiger partial charge in [0.2, 0.25) is 5.91 Å². The number of carbonyl (C=O) groups is 2. The summed E-state index contributed by atoms with van der Waals surface area (Å²) in [5.74, 6) is 0.700. The number of aromatic nitrogens is 2. The van der Waals surface area contributed by atoms with Gasteiger partial charge in [0.25, 0.3) is 0 Å². The van der Waals surface area contributed by atoms with E-state index >= 15 is 0 Å². The number of rotatable bonds is 4. The second-order valence-electron chi connectivity index (χ2n) is 8.17. The lowest BCUT2D eigenvalue weighted by Crippen LogP contribution is -2.48. The fourth-order valence-corrected chi connectivity index (χ4v) is 2.77. The first kappa shape index (κ1) is 19.3. The molecule has 1 aromatic rings. The molecule has 1 atom stereocenters. The first-order chi connectivity index (χ1) is 11.7. The normalized spacial score (nSPS) is 18.3. The van der Waals surface area contributed by atoms with Crippen molar-refractivity contribution in [3.8, 4) is 0 Å². The van der Waals surface area contributed by atoms with Crippen LogP contribution in [0, 0.1) is 11.8 Å². The van der Waals surface area contributed by atoms with E-state index in [9.17, 15) is 9.59 Å². The molecule has 2 N–H and O–H groups in total. The quantitative estimate of drug-likeness (QED) is 0.877. The summed E-state index contributed by atoms with van der Waals surface area (Å²) in [6.45, 7) is 12.1. The van der Waals surface area contributed by atoms with Crippen LogP contribution in [0.2, 0.25) is 0 Å². The number of nitrogens with one attached hydrogen (secondary N) is 2. The zero-order valence-corrected chi connectivity index (χ0v) is 16.0. The van der Waals surface area contributed by atoms with E-state index < -0.39 is 0 Å². The van der Waals surface area contributed by atoms with Crippen molar-refractivity contribution in [1.82, 2.24) is 20.0 Å². The minimum absolute atomic E-state index is 0.0690. The van der Waals surface area contributed by atoms with Gasteiger partial charge in [0, 0.05) is 31.9 Å². The summed E-state index contributed by atoms with van der Waals surface area (Å²) in [5, 5.41) is 10.2. The highest BCUT2D eigenvalue weighted by atomic mass is 16.2. The van der Waals surface area contributed by atoms with Gasteiger partial charge in [-0.15, -0.1) is 0 Å². The van der Waals surface area contributed by atoms with E-state index in [0.29, 0.717) is 31.4 Å². The molecule has 2 rings (SSSR count). The highest BCUT2D eigenvalue weighted by Gasteiger charge is 2.29. The van der Waals surface area contributed by atoms with E-state index in [1.165, 1.54) is 0 Å². The van der Waals surface area contributed by atoms with E-state index in [2.05, 4.69) is 50.4 Å². The van der Waals surface area contributed by atoms with E-state index in [0.717, 1.165) is 12.8 Å². The molecule has 1 saturated heterocycles. The van der Waals surface area contributed by atoms with Gasteiger partial charge in [-0.2, -0.15) is 5.10 Å². The van der Waals surface area contributed by atoms with Crippen LogP contribution >= 0.6 is 0 Å². The standard InChI is InChI=1S/C18H31N5O2/c1-13(2)11-19-17(25)22-9-6-7-14(12-22)16(24)20-15-8-10-23(21-15)18(3,4)5/h8,10,13-14H,6-7,9,11-12H2,1-5H3,(H,19,25)(H,20,21,24)/t14-/m1/s1. The summed E-state index contributed by atoms with van der Waals surface area (Å²) >= 11 is 0. The van der Waals surface area contributed by atoms with Gasteiger partial charge < -0.3 is 15.5 Å². The number of hydrogen-bond donors (Lipinski definition) is 2. The Kier molecular flexibility index (Phi) is 6.08. The molecular weight excluding hydrogens is 318 g/mol. The molecule has 0 unspecified atom stereocenters. The van der Waals surface area contributed by atoms with Crippen LogP contribution < -0.4 is 10.6 Å². The van der Waals surface area contributed by atoms with E-state index in [1.807, 2.05) is 10.9 Å². The van der Waals surface area contributed by atoms with Gasteiger partial charge in [0.1, 0.15) is 0 Å². The molecule has 7 nitrogen and oxygen atoms in total. The summed E-state index contributed by atoms with van der Waals surface area (Å²) < 4.78 is 1.83. The van der Waals surface area contributed by atoms with Crippen molar-refractivity contribution in [1.29, 1.82) is 0 Å². The van der Waals surface area contributed by atoms with Gasteiger partial charge in [0.15, 0.2) is 5.82 Å². The number of hydrogen-bond acceptors (Lipinski definition) is 3. The van der Waals surface area contributed by atoms with E-state index in [4.69, 9.17) is 0 Å². The van der Waals surface area contributed by atoms with E-state index in [1.54, 1.807) is 11.0 Å². The fourth-order valence-electron chi connectivity index (χ4n) is 2.77. The molecule has 0 saturated carbocycles. The lowest BCUT2D eigenvalue weighted by molar-refractivity contribution is -0.121. The molecule has 0 aromatic carbocycles. The molecule has 0 bridgehead atoms. The molecule has 7 heteroatoms. The minimum Gasteiger partial charge on any atom is -0.338 e. The monoisotopic (exact) mass is 349 g/mol. The van der Waals surface area contributed by atoms with Crippen LogP contribution in [-0.4, -0.2) is 46.3 Å². The zero-order valence-electron chi connectivity index (χ0n) is 16.0. The highest BCUT2D eigenvalue weighted by Crippen LogP contribution is 2.20. The minimum atomic E-state index is -0.196. The Labute approximate surface area is 150 Å². The largest absolute Gasteiger partial charge is 0.338 e. The summed E-state index contributed by atoms with van der Waals surface area (Å²) in [4.78, 5) is 26.5. The Bertz CT molecular complexity index is 603. The molecule has 0 spiro atoms. The molecular formula is C18H31N5O2. The van der Waals surface area contributed by atoms with Crippen LogP contribution in [0.25, 0.3) is 0 Å². The molecule has 0 radical (unpaired) electrons. The highest BCUT2D eigenvalue weighted by molar-refractivity contribution is 5.92. The number of amides is 3. The third-order valence-corrected chi connectivity index (χ3v) is 4.27. The van der Waals surface area contributed by atoms with E-state index in [-0.39, 0.29) is 23.4 Å². The van der Waals surface area contributed by atoms with Crippen LogP contribution in [0.15, 0.2) is 12.3 Å². The Morgan fingerprint density at radius 2 is 2.08 bits per heavy atom. The summed E-state index contributed by atoms with van der Waals surface area (Å²) in [6.07, 6.45) is 3.49. The number of piperidine rings is 1. The van der Waals surface area contributed by atoms with Crippen molar-refractivity contribution < 1.29 is 9.59 Å². The SMILES string of the molecule is CC(C)CNC(=O)N1CCC[C@@H](C(=O)Nc2ccn(C(C)(C)C)n2)C1. The summed E-state index contributed by atoms with van der Waals surface area (Å²) in [7, 11) is 0.